The lowest BCUT2D eigenvalue weighted by atomic mass is 9.70. The van der Waals surface area contributed by atoms with Gasteiger partial charge in [-0.3, -0.25) is 9.79 Å². The summed E-state index contributed by atoms with van der Waals surface area (Å²) in [5.41, 5.74) is 1.20. The zero-order chi connectivity index (χ0) is 38.6. The number of aliphatic hydroxyl groups is 2. The van der Waals surface area contributed by atoms with Gasteiger partial charge in [-0.05, 0) is 118 Å². The number of methoxy groups -OCH3 is 1. The molecule has 2 bridgehead atoms. The van der Waals surface area contributed by atoms with Crippen LogP contribution in [0.5, 0.6) is 23.0 Å². The Labute approximate surface area is 327 Å². The van der Waals surface area contributed by atoms with Gasteiger partial charge in [0.2, 0.25) is 0 Å². The van der Waals surface area contributed by atoms with Gasteiger partial charge >= 0.3 is 0 Å². The molecule has 0 saturated heterocycles. The predicted octanol–water partition coefficient (Wildman–Crippen LogP) is 5.78. The van der Waals surface area contributed by atoms with Crippen LogP contribution in [0.4, 0.5) is 5.69 Å². The third kappa shape index (κ3) is 10.8. The van der Waals surface area contributed by atoms with E-state index in [2.05, 4.69) is 20.9 Å². The average molecular weight is 787 g/mol. The second-order valence-corrected chi connectivity index (χ2v) is 17.2. The van der Waals surface area contributed by atoms with Crippen molar-refractivity contribution in [2.75, 3.05) is 57.9 Å². The summed E-state index contributed by atoms with van der Waals surface area (Å²) < 4.78 is 17.7. The molecule has 0 spiro atoms. The van der Waals surface area contributed by atoms with Crippen molar-refractivity contribution in [2.24, 2.45) is 22.2 Å². The topological polar surface area (TPSA) is 174 Å². The maximum Gasteiger partial charge on any atom is 0.196 e. The van der Waals surface area contributed by atoms with Crippen LogP contribution in [0, 0.1) is 17.3 Å². The molecule has 2 aromatic carbocycles. The van der Waals surface area contributed by atoms with Crippen LogP contribution in [-0.4, -0.2) is 96.7 Å². The Morgan fingerprint density at radius 2 is 1.98 bits per heavy atom. The van der Waals surface area contributed by atoms with Crippen molar-refractivity contribution in [1.29, 1.82) is 0 Å². The van der Waals surface area contributed by atoms with Crippen LogP contribution in [0.1, 0.15) is 68.9 Å². The number of aliphatic imine (C=N–C) groups is 1. The van der Waals surface area contributed by atoms with Crippen molar-refractivity contribution in [2.45, 2.75) is 82.5 Å². The Hall–Kier alpha value is -3.14. The van der Waals surface area contributed by atoms with E-state index in [0.29, 0.717) is 80.7 Å². The van der Waals surface area contributed by atoms with Crippen molar-refractivity contribution >= 4 is 39.0 Å². The van der Waals surface area contributed by atoms with E-state index in [1.165, 1.54) is 7.11 Å². The maximum absolute atomic E-state index is 14.3. The molecule has 2 fully saturated rings. The van der Waals surface area contributed by atoms with Crippen LogP contribution in [0.25, 0.3) is 0 Å². The number of aryl methyl sites for hydroxylation is 1. The SMILES string of the molecule is CN=C1NCSSC[C@@H]2CCC[C@]2(Cc2ccc(O)c(OC)c2)C(=O)/C=C/CCc2cc(c(O)c(O[C@]3(CNC)CC[C@@H](C[C@H](O)OCCCO)C3)c2)N1. The molecule has 1 aliphatic heterocycles. The summed E-state index contributed by atoms with van der Waals surface area (Å²) >= 11 is 0. The summed E-state index contributed by atoms with van der Waals surface area (Å²) in [6.07, 6.45) is 10.6. The van der Waals surface area contributed by atoms with E-state index in [1.807, 2.05) is 37.4 Å². The molecular weight excluding hydrogens is 729 g/mol. The minimum absolute atomic E-state index is 0.0145. The standard InChI is InChI=1S/C40H58N4O8S2/c1-41-25-39(15-13-29(22-39)21-36(48)51-17-7-16-45)52-34-19-27-8-4-5-10-35(47)40(23-28-11-12-32(46)33(20-28)50-3)14-6-9-30(40)24-53-54-26-43-38(42-2)44-31(18-27)37(34)49/h5,10-12,18-20,29-30,36,41,45-46,48-49H,4,6-9,13-17,21-26H2,1-3H3,(H2,42,43,44)/b10-5+/t29-,30-,36+,39+,40+/m0/s1. The second kappa shape index (κ2) is 20.1. The van der Waals surface area contributed by atoms with Crippen molar-refractivity contribution in [3.8, 4) is 23.0 Å². The monoisotopic (exact) mass is 786 g/mol. The number of aromatic hydroxyl groups is 2. The van der Waals surface area contributed by atoms with E-state index in [0.717, 1.165) is 49.0 Å². The molecule has 3 aliphatic rings. The number of carbonyl (C=O) groups is 1. The number of hydrogen-bond acceptors (Lipinski definition) is 12. The van der Waals surface area contributed by atoms with E-state index >= 15 is 0 Å². The van der Waals surface area contributed by atoms with Gasteiger partial charge in [0.05, 0.1) is 25.3 Å². The number of allylic oxidation sites excluding steroid dienone is 2. The van der Waals surface area contributed by atoms with Crippen molar-refractivity contribution in [3.05, 3.63) is 53.6 Å². The number of phenols is 2. The van der Waals surface area contributed by atoms with Gasteiger partial charge < -0.3 is 50.6 Å². The highest BCUT2D eigenvalue weighted by Gasteiger charge is 2.47. The Morgan fingerprint density at radius 1 is 1.13 bits per heavy atom. The fraction of sp³-hybridized carbons (Fsp3) is 0.600. The highest BCUT2D eigenvalue weighted by Crippen LogP contribution is 2.50. The van der Waals surface area contributed by atoms with E-state index in [4.69, 9.17) is 19.3 Å². The summed E-state index contributed by atoms with van der Waals surface area (Å²) in [6, 6.07) is 9.16. The number of guanidine groups is 1. The third-order valence-electron chi connectivity index (χ3n) is 11.0. The molecule has 0 radical (unpaired) electrons. The molecule has 5 atom stereocenters. The number of carbonyl (C=O) groups excluding carboxylic acids is 1. The average Bonchev–Trinajstić information content (AvgIpc) is 3.75. The lowest BCUT2D eigenvalue weighted by molar-refractivity contribution is -0.125. The fourth-order valence-corrected chi connectivity index (χ4v) is 10.5. The van der Waals surface area contributed by atoms with Gasteiger partial charge in [-0.1, -0.05) is 40.2 Å². The summed E-state index contributed by atoms with van der Waals surface area (Å²) in [6.45, 7) is 0.872. The fourth-order valence-electron chi connectivity index (χ4n) is 8.27. The first kappa shape index (κ1) is 42.0. The number of ketones is 1. The van der Waals surface area contributed by atoms with E-state index in [1.54, 1.807) is 40.8 Å². The number of rotatable bonds is 13. The minimum Gasteiger partial charge on any atom is -0.504 e. The molecule has 12 nitrogen and oxygen atoms in total. The molecule has 2 aromatic rings. The van der Waals surface area contributed by atoms with Gasteiger partial charge in [-0.2, -0.15) is 0 Å². The highest BCUT2D eigenvalue weighted by molar-refractivity contribution is 8.76. The second-order valence-electron chi connectivity index (χ2n) is 14.7. The number of likely N-dealkylation sites (N-methyl/N-ethyl adjacent to an activating group) is 1. The molecule has 2 aliphatic carbocycles. The Bertz CT molecular complexity index is 1610. The van der Waals surface area contributed by atoms with E-state index in [9.17, 15) is 20.1 Å². The first-order valence-electron chi connectivity index (χ1n) is 19.0. The third-order valence-corrected chi connectivity index (χ3v) is 13.2. The van der Waals surface area contributed by atoms with Crippen LogP contribution in [0.3, 0.4) is 0 Å². The molecule has 0 aromatic heterocycles. The lowest BCUT2D eigenvalue weighted by Gasteiger charge is -2.33. The number of ether oxygens (including phenoxy) is 3. The summed E-state index contributed by atoms with van der Waals surface area (Å²) in [4.78, 5) is 18.7. The molecule has 5 rings (SSSR count). The normalized spacial score (nSPS) is 27.1. The zero-order valence-corrected chi connectivity index (χ0v) is 33.4. The van der Waals surface area contributed by atoms with Gasteiger partial charge in [0, 0.05) is 37.8 Å². The number of benzene rings is 2. The van der Waals surface area contributed by atoms with Crippen LogP contribution in [0.15, 0.2) is 47.5 Å². The van der Waals surface area contributed by atoms with Gasteiger partial charge in [0.15, 0.2) is 41.0 Å². The zero-order valence-electron chi connectivity index (χ0n) is 31.8. The number of nitrogens with zero attached hydrogens (tertiary/aromatic N) is 1. The molecule has 2 saturated carbocycles. The summed E-state index contributed by atoms with van der Waals surface area (Å²) in [5.74, 6) is 3.21. The lowest BCUT2D eigenvalue weighted by Crippen LogP contribution is -2.43. The first-order chi connectivity index (χ1) is 26.1. The Kier molecular flexibility index (Phi) is 15.7. The molecule has 1 heterocycles. The molecule has 54 heavy (non-hydrogen) atoms. The number of nitrogens with one attached hydrogen (secondary N) is 3. The van der Waals surface area contributed by atoms with Gasteiger partial charge in [0.25, 0.3) is 0 Å². The van der Waals surface area contributed by atoms with Gasteiger partial charge in [-0.15, -0.1) is 0 Å². The van der Waals surface area contributed by atoms with Crippen LogP contribution in [0.2, 0.25) is 0 Å². The molecule has 14 heteroatoms. The number of hydrogen-bond donors (Lipinski definition) is 7. The smallest absolute Gasteiger partial charge is 0.196 e. The highest BCUT2D eigenvalue weighted by atomic mass is 33.1. The van der Waals surface area contributed by atoms with Crippen LogP contribution in [-0.2, 0) is 22.4 Å². The number of anilines is 1. The molecular formula is C40H58N4O8S2. The number of fused-ring (bicyclic) bond motifs is 3. The molecule has 0 amide bonds. The first-order valence-corrected chi connectivity index (χ1v) is 21.5. The molecule has 298 valence electrons. The Morgan fingerprint density at radius 3 is 2.76 bits per heavy atom. The predicted molar refractivity (Wildman–Crippen MR) is 217 cm³/mol. The van der Waals surface area contributed by atoms with Crippen molar-refractivity contribution in [1.82, 2.24) is 10.6 Å². The quantitative estimate of drug-likeness (QED) is 0.0565. The summed E-state index contributed by atoms with van der Waals surface area (Å²) in [5, 5.41) is 51.3. The maximum atomic E-state index is 14.3. The molecule has 0 unspecified atom stereocenters. The largest absolute Gasteiger partial charge is 0.504 e. The van der Waals surface area contributed by atoms with Crippen molar-refractivity contribution < 1.29 is 39.4 Å². The van der Waals surface area contributed by atoms with Crippen molar-refractivity contribution in [3.63, 3.8) is 0 Å². The van der Waals surface area contributed by atoms with Crippen LogP contribution < -0.4 is 25.4 Å². The van der Waals surface area contributed by atoms with Gasteiger partial charge in [-0.25, -0.2) is 0 Å². The number of phenolic OH excluding ortho intramolecular Hbond substituents is 2. The van der Waals surface area contributed by atoms with E-state index < -0.39 is 17.3 Å². The van der Waals surface area contributed by atoms with Gasteiger partial charge in [0.1, 0.15) is 5.60 Å². The summed E-state index contributed by atoms with van der Waals surface area (Å²) in [7, 11) is 8.51. The minimum atomic E-state index is -0.911. The number of aliphatic hydroxyl groups excluding tert-OH is 2. The van der Waals surface area contributed by atoms with Crippen LogP contribution >= 0.6 is 21.6 Å². The Balaban J connectivity index is 1.39. The molecule has 7 N–H and O–H groups in total. The van der Waals surface area contributed by atoms with E-state index in [-0.39, 0.29) is 35.7 Å².